The van der Waals surface area contributed by atoms with Crippen LogP contribution in [0.25, 0.3) is 0 Å². The van der Waals surface area contributed by atoms with E-state index in [1.165, 1.54) is 12.1 Å². The summed E-state index contributed by atoms with van der Waals surface area (Å²) in [5, 5.41) is 1.74. The summed E-state index contributed by atoms with van der Waals surface area (Å²) < 4.78 is 18.8. The van der Waals surface area contributed by atoms with Crippen LogP contribution in [0.3, 0.4) is 0 Å². The molecule has 104 valence electrons. The molecule has 1 fully saturated rings. The van der Waals surface area contributed by atoms with Gasteiger partial charge in [-0.05, 0) is 24.6 Å². The number of halogens is 1. The highest BCUT2D eigenvalue weighted by molar-refractivity contribution is 7.81. The minimum Gasteiger partial charge on any atom is -0.453 e. The van der Waals surface area contributed by atoms with Crippen molar-refractivity contribution in [3.05, 3.63) is 35.6 Å². The van der Waals surface area contributed by atoms with E-state index in [9.17, 15) is 9.18 Å². The molecule has 1 aliphatic heterocycles. The van der Waals surface area contributed by atoms with Crippen LogP contribution in [0.4, 0.5) is 4.39 Å². The molecule has 1 aromatic carbocycles. The Morgan fingerprint density at radius 2 is 1.95 bits per heavy atom. The van der Waals surface area contributed by atoms with Gasteiger partial charge in [0.1, 0.15) is 11.4 Å². The zero-order valence-corrected chi connectivity index (χ0v) is 11.8. The zero-order valence-electron chi connectivity index (χ0n) is 10.9. The van der Waals surface area contributed by atoms with E-state index in [2.05, 4.69) is 17.9 Å². The number of thiol groups is 1. The molecule has 2 rings (SSSR count). The lowest BCUT2D eigenvalue weighted by atomic mass is 9.84. The second kappa shape index (κ2) is 5.92. The summed E-state index contributed by atoms with van der Waals surface area (Å²) in [5.41, 5.74) is 0.237. The summed E-state index contributed by atoms with van der Waals surface area (Å²) in [5.74, 6) is -0.607. The second-order valence-electron chi connectivity index (χ2n) is 4.96. The van der Waals surface area contributed by atoms with Gasteiger partial charge in [0.25, 0.3) is 0 Å². The molecule has 0 aliphatic carbocycles. The van der Waals surface area contributed by atoms with Crippen LogP contribution < -0.4 is 5.32 Å². The van der Waals surface area contributed by atoms with Crippen LogP contribution in [0.5, 0.6) is 0 Å². The van der Waals surface area contributed by atoms with E-state index < -0.39 is 10.9 Å². The number of carbonyl (C=O) groups excluding carboxylic acids is 1. The Labute approximate surface area is 117 Å². The molecular weight excluding hydrogens is 265 g/mol. The van der Waals surface area contributed by atoms with Crippen molar-refractivity contribution in [1.29, 1.82) is 0 Å². The number of piperidine rings is 1. The minimum absolute atomic E-state index is 0.282. The molecule has 0 saturated carbocycles. The van der Waals surface area contributed by atoms with Gasteiger partial charge in [0, 0.05) is 12.8 Å². The van der Waals surface area contributed by atoms with Crippen molar-refractivity contribution in [2.75, 3.05) is 13.1 Å². The number of rotatable bonds is 3. The Kier molecular flexibility index (Phi) is 4.47. The van der Waals surface area contributed by atoms with Crippen LogP contribution in [0.2, 0.25) is 0 Å². The zero-order chi connectivity index (χ0) is 13.9. The van der Waals surface area contributed by atoms with Crippen molar-refractivity contribution in [2.45, 2.75) is 30.6 Å². The van der Waals surface area contributed by atoms with Crippen LogP contribution in [0, 0.1) is 5.82 Å². The molecule has 19 heavy (non-hydrogen) atoms. The number of benzene rings is 1. The Morgan fingerprint density at radius 1 is 1.37 bits per heavy atom. The number of hydrogen-bond donors (Lipinski definition) is 2. The first-order valence-electron chi connectivity index (χ1n) is 6.52. The molecule has 0 aromatic heterocycles. The fourth-order valence-electron chi connectivity index (χ4n) is 2.42. The normalized spacial score (nSPS) is 19.7. The van der Waals surface area contributed by atoms with E-state index >= 15 is 0 Å². The number of quaternary nitrogens is 1. The van der Waals surface area contributed by atoms with Crippen LogP contribution in [0.15, 0.2) is 24.3 Å². The van der Waals surface area contributed by atoms with Gasteiger partial charge in [-0.25, -0.2) is 4.39 Å². The maximum Gasteiger partial charge on any atom is 0.319 e. The highest BCUT2D eigenvalue weighted by atomic mass is 32.1. The van der Waals surface area contributed by atoms with Crippen molar-refractivity contribution in [2.24, 2.45) is 0 Å². The number of carbonyl (C=O) groups is 1. The Hall–Kier alpha value is -1.07. The molecule has 1 aliphatic rings. The molecule has 0 spiro atoms. The third-order valence-corrected chi connectivity index (χ3v) is 3.72. The van der Waals surface area contributed by atoms with E-state index in [0.29, 0.717) is 0 Å². The molecule has 1 atom stereocenters. The molecule has 0 amide bonds. The van der Waals surface area contributed by atoms with Gasteiger partial charge >= 0.3 is 5.97 Å². The topological polar surface area (TPSA) is 42.9 Å². The molecule has 2 N–H and O–H groups in total. The lowest BCUT2D eigenvalue weighted by Gasteiger charge is -2.36. The highest BCUT2D eigenvalue weighted by Crippen LogP contribution is 2.34. The van der Waals surface area contributed by atoms with Crippen LogP contribution in [-0.2, 0) is 15.1 Å². The first kappa shape index (κ1) is 14.3. The second-order valence-corrected chi connectivity index (χ2v) is 5.74. The van der Waals surface area contributed by atoms with Gasteiger partial charge in [0.15, 0.2) is 0 Å². The molecule has 3 nitrogen and oxygen atoms in total. The largest absolute Gasteiger partial charge is 0.453 e. The van der Waals surface area contributed by atoms with Gasteiger partial charge in [-0.2, -0.15) is 12.6 Å². The molecule has 1 aromatic rings. The van der Waals surface area contributed by atoms with Gasteiger partial charge in [-0.1, -0.05) is 12.1 Å². The fourth-order valence-corrected chi connectivity index (χ4v) is 2.47. The van der Waals surface area contributed by atoms with Crippen LogP contribution in [0.1, 0.15) is 25.3 Å². The SMILES string of the molecule is CC(S)C(=O)OC1(c2ccc(F)cc2)CC[NH2+]CC1. The number of hydrogen-bond acceptors (Lipinski definition) is 3. The van der Waals surface area contributed by atoms with Crippen molar-refractivity contribution in [1.82, 2.24) is 0 Å². The Bertz CT molecular complexity index is 441. The minimum atomic E-state index is -0.628. The monoisotopic (exact) mass is 284 g/mol. The molecule has 1 heterocycles. The van der Waals surface area contributed by atoms with Crippen molar-refractivity contribution in [3.63, 3.8) is 0 Å². The van der Waals surface area contributed by atoms with Crippen molar-refractivity contribution in [3.8, 4) is 0 Å². The Morgan fingerprint density at radius 3 is 2.47 bits per heavy atom. The first-order chi connectivity index (χ1) is 9.03. The quantitative estimate of drug-likeness (QED) is 0.648. The van der Waals surface area contributed by atoms with Gasteiger partial charge in [0.2, 0.25) is 0 Å². The standard InChI is InChI=1S/C14H18FNO2S/c1-10(19)13(17)18-14(6-8-16-9-7-14)11-2-4-12(15)5-3-11/h2-5,10,16,19H,6-9H2,1H3/p+1. The molecule has 1 unspecified atom stereocenters. The third-order valence-electron chi connectivity index (χ3n) is 3.51. The molecule has 0 bridgehead atoms. The van der Waals surface area contributed by atoms with Crippen molar-refractivity contribution >= 4 is 18.6 Å². The lowest BCUT2D eigenvalue weighted by molar-refractivity contribution is -0.668. The fraction of sp³-hybridized carbons (Fsp3) is 0.500. The van der Waals surface area contributed by atoms with E-state index in [-0.39, 0.29) is 11.8 Å². The summed E-state index contributed by atoms with van der Waals surface area (Å²) in [6.07, 6.45) is 1.48. The molecule has 1 saturated heterocycles. The Balaban J connectivity index is 2.28. The lowest BCUT2D eigenvalue weighted by Crippen LogP contribution is -2.87. The summed E-state index contributed by atoms with van der Waals surface area (Å²) in [6, 6.07) is 6.23. The molecule has 5 heteroatoms. The first-order valence-corrected chi connectivity index (χ1v) is 7.04. The van der Waals surface area contributed by atoms with E-state index in [1.54, 1.807) is 19.1 Å². The van der Waals surface area contributed by atoms with Crippen molar-refractivity contribution < 1.29 is 19.2 Å². The predicted molar refractivity (Wildman–Crippen MR) is 73.5 cm³/mol. The molecule has 0 radical (unpaired) electrons. The maximum atomic E-state index is 13.0. The van der Waals surface area contributed by atoms with Gasteiger partial charge in [-0.15, -0.1) is 0 Å². The van der Waals surface area contributed by atoms with E-state index in [4.69, 9.17) is 4.74 Å². The van der Waals surface area contributed by atoms with Gasteiger partial charge in [-0.3, -0.25) is 4.79 Å². The highest BCUT2D eigenvalue weighted by Gasteiger charge is 2.40. The number of nitrogens with two attached hydrogens (primary N) is 1. The summed E-state index contributed by atoms with van der Waals surface area (Å²) in [6.45, 7) is 3.48. The van der Waals surface area contributed by atoms with Crippen LogP contribution >= 0.6 is 12.6 Å². The smallest absolute Gasteiger partial charge is 0.319 e. The summed E-state index contributed by atoms with van der Waals surface area (Å²) >= 11 is 4.12. The third kappa shape index (κ3) is 3.28. The van der Waals surface area contributed by atoms with Gasteiger partial charge in [0.05, 0.1) is 18.3 Å². The maximum absolute atomic E-state index is 13.0. The number of ether oxygens (including phenoxy) is 1. The molecular formula is C14H19FNO2S+. The summed E-state index contributed by atoms with van der Waals surface area (Å²) in [4.78, 5) is 11.9. The average molecular weight is 284 g/mol. The van der Waals surface area contributed by atoms with Crippen LogP contribution in [-0.4, -0.2) is 24.3 Å². The summed E-state index contributed by atoms with van der Waals surface area (Å²) in [7, 11) is 0. The van der Waals surface area contributed by atoms with E-state index in [0.717, 1.165) is 31.5 Å². The average Bonchev–Trinajstić information content (AvgIpc) is 2.40. The number of esters is 1. The van der Waals surface area contributed by atoms with E-state index in [1.807, 2.05) is 0 Å². The predicted octanol–water partition coefficient (Wildman–Crippen LogP) is 1.24. The van der Waals surface area contributed by atoms with Gasteiger partial charge < -0.3 is 10.1 Å².